The molecule has 3 aliphatic rings. The van der Waals surface area contributed by atoms with E-state index in [0.717, 1.165) is 73.8 Å². The molecule has 0 aliphatic heterocycles. The molecular formula is C46H31N5. The van der Waals surface area contributed by atoms with Crippen molar-refractivity contribution in [2.75, 3.05) is 0 Å². The molecule has 0 saturated carbocycles. The summed E-state index contributed by atoms with van der Waals surface area (Å²) in [6, 6.07) is 38.4. The molecule has 0 radical (unpaired) electrons. The predicted molar refractivity (Wildman–Crippen MR) is 205 cm³/mol. The largest absolute Gasteiger partial charge is 0.313 e. The second kappa shape index (κ2) is 12.2. The van der Waals surface area contributed by atoms with Crippen molar-refractivity contribution in [2.24, 2.45) is 5.92 Å². The van der Waals surface area contributed by atoms with E-state index in [1.165, 1.54) is 16.6 Å². The van der Waals surface area contributed by atoms with Crippen LogP contribution in [0.4, 0.5) is 0 Å². The average Bonchev–Trinajstić information content (AvgIpc) is 3.60. The van der Waals surface area contributed by atoms with Crippen molar-refractivity contribution in [3.63, 3.8) is 0 Å². The summed E-state index contributed by atoms with van der Waals surface area (Å²) in [6.07, 6.45) is 17.9. The normalized spacial score (nSPS) is 17.0. The number of para-hydroxylation sites is 2. The molecule has 0 fully saturated rings. The summed E-state index contributed by atoms with van der Waals surface area (Å²) < 4.78 is 4.63. The zero-order valence-electron chi connectivity index (χ0n) is 27.8. The van der Waals surface area contributed by atoms with Crippen LogP contribution < -0.4 is 0 Å². The molecule has 4 aromatic carbocycles. The second-order valence-electron chi connectivity index (χ2n) is 13.3. The van der Waals surface area contributed by atoms with Crippen LogP contribution in [0.2, 0.25) is 0 Å². The number of hydrogen-bond acceptors (Lipinski definition) is 3. The van der Waals surface area contributed by atoms with Gasteiger partial charge in [0, 0.05) is 50.8 Å². The number of aromatic nitrogens is 2. The Morgan fingerprint density at radius 2 is 1.47 bits per heavy atom. The van der Waals surface area contributed by atoms with Crippen LogP contribution in [0.1, 0.15) is 41.6 Å². The van der Waals surface area contributed by atoms with Crippen LogP contribution in [-0.2, 0) is 6.42 Å². The van der Waals surface area contributed by atoms with E-state index in [1.54, 1.807) is 0 Å². The third-order valence-corrected chi connectivity index (χ3v) is 10.4. The summed E-state index contributed by atoms with van der Waals surface area (Å²) in [6.45, 7) is 0. The van der Waals surface area contributed by atoms with Gasteiger partial charge in [-0.25, -0.2) is 0 Å². The molecule has 51 heavy (non-hydrogen) atoms. The number of hydrogen-bond donors (Lipinski definition) is 0. The maximum absolute atomic E-state index is 10.4. The van der Waals surface area contributed by atoms with Gasteiger partial charge in [0.2, 0.25) is 0 Å². The van der Waals surface area contributed by atoms with E-state index >= 15 is 0 Å². The van der Waals surface area contributed by atoms with Crippen molar-refractivity contribution in [1.29, 1.82) is 15.8 Å². The fourth-order valence-corrected chi connectivity index (χ4v) is 8.06. The van der Waals surface area contributed by atoms with E-state index in [4.69, 9.17) is 0 Å². The third-order valence-electron chi connectivity index (χ3n) is 10.4. The molecule has 5 nitrogen and oxygen atoms in total. The monoisotopic (exact) mass is 653 g/mol. The molecule has 3 aliphatic carbocycles. The van der Waals surface area contributed by atoms with Gasteiger partial charge in [0.1, 0.15) is 0 Å². The Labute approximate surface area is 296 Å². The van der Waals surface area contributed by atoms with Crippen molar-refractivity contribution < 1.29 is 0 Å². The second-order valence-corrected chi connectivity index (χ2v) is 13.3. The molecule has 5 heteroatoms. The molecule has 0 saturated heterocycles. The van der Waals surface area contributed by atoms with Gasteiger partial charge in [-0.15, -0.1) is 0 Å². The first kappa shape index (κ1) is 30.2. The Hall–Kier alpha value is -6.87. The Morgan fingerprint density at radius 3 is 2.25 bits per heavy atom. The van der Waals surface area contributed by atoms with E-state index in [-0.39, 0.29) is 5.92 Å². The number of nitrogens with zero attached hydrogens (tertiary/aromatic N) is 5. The zero-order chi connectivity index (χ0) is 34.5. The van der Waals surface area contributed by atoms with Gasteiger partial charge in [-0.1, -0.05) is 78.9 Å². The standard InChI is InChI=1S/C46H31N5/c47-27-30-13-21-45(51-43-11-5-1-7-37(43)38-8-2-6-12-44(38)51)40(25-30)35-16-15-34(23-32(24-35)29-49)33-17-19-36(20-18-33)50-42-10-4-3-9-39(42)41-26-31(28-48)14-22-46(41)50/h1-5,7-11,13-22,24,26,30H,6,12,23,25H2. The van der Waals surface area contributed by atoms with E-state index in [0.29, 0.717) is 24.0 Å². The highest BCUT2D eigenvalue weighted by atomic mass is 15.0. The van der Waals surface area contributed by atoms with Crippen LogP contribution in [0.15, 0.2) is 144 Å². The Bertz CT molecular complexity index is 2770. The average molecular weight is 654 g/mol. The first-order valence-corrected chi connectivity index (χ1v) is 17.3. The lowest BCUT2D eigenvalue weighted by Crippen LogP contribution is -2.12. The summed E-state index contributed by atoms with van der Waals surface area (Å²) in [5.74, 6) is -0.243. The molecule has 1 atom stereocenters. The number of allylic oxidation sites excluding steroid dienone is 11. The lowest BCUT2D eigenvalue weighted by Gasteiger charge is -2.24. The van der Waals surface area contributed by atoms with Crippen molar-refractivity contribution in [2.45, 2.75) is 25.7 Å². The minimum Gasteiger partial charge on any atom is -0.313 e. The molecule has 0 bridgehead atoms. The molecule has 6 aromatic rings. The van der Waals surface area contributed by atoms with Crippen molar-refractivity contribution in [3.8, 4) is 23.9 Å². The number of rotatable bonds is 4. The van der Waals surface area contributed by atoms with Crippen LogP contribution in [0.5, 0.6) is 0 Å². The first-order chi connectivity index (χ1) is 25.1. The Balaban J connectivity index is 1.15. The summed E-state index contributed by atoms with van der Waals surface area (Å²) in [4.78, 5) is 0. The van der Waals surface area contributed by atoms with E-state index in [1.807, 2.05) is 42.5 Å². The van der Waals surface area contributed by atoms with E-state index in [9.17, 15) is 15.8 Å². The van der Waals surface area contributed by atoms with Crippen molar-refractivity contribution in [3.05, 3.63) is 167 Å². The maximum atomic E-state index is 10.4. The van der Waals surface area contributed by atoms with Gasteiger partial charge >= 0.3 is 0 Å². The summed E-state index contributed by atoms with van der Waals surface area (Å²) in [5.41, 5.74) is 13.4. The smallest absolute Gasteiger partial charge is 0.0991 e. The van der Waals surface area contributed by atoms with Crippen LogP contribution in [0.25, 0.3) is 55.7 Å². The first-order valence-electron chi connectivity index (χ1n) is 17.3. The van der Waals surface area contributed by atoms with Crippen LogP contribution in [0, 0.1) is 39.9 Å². The molecule has 0 amide bonds. The molecular weight excluding hydrogens is 623 g/mol. The highest BCUT2D eigenvalue weighted by molar-refractivity contribution is 6.09. The van der Waals surface area contributed by atoms with Gasteiger partial charge in [-0.3, -0.25) is 0 Å². The lowest BCUT2D eigenvalue weighted by molar-refractivity contribution is 0.794. The van der Waals surface area contributed by atoms with Gasteiger partial charge in [0.05, 0.1) is 46.2 Å². The van der Waals surface area contributed by atoms with Gasteiger partial charge in [-0.05, 0) is 96.2 Å². The third kappa shape index (κ3) is 4.97. The SMILES string of the molecule is N#CC1=CC(C2=C(n3c4c(c5ccccc53)C=CCC4)C=CC(C#N)C2)=CC=C(c2ccc(-n3c4ccccc4c4cc(C#N)ccc43)cc2)C1. The minimum absolute atomic E-state index is 0.243. The highest BCUT2D eigenvalue weighted by Gasteiger charge is 2.26. The number of benzene rings is 4. The summed E-state index contributed by atoms with van der Waals surface area (Å²) in [7, 11) is 0. The Morgan fingerprint density at radius 1 is 0.706 bits per heavy atom. The number of nitriles is 3. The van der Waals surface area contributed by atoms with E-state index in [2.05, 4.69) is 118 Å². The maximum Gasteiger partial charge on any atom is 0.0991 e. The van der Waals surface area contributed by atoms with Crippen LogP contribution >= 0.6 is 0 Å². The molecule has 0 N–H and O–H groups in total. The molecule has 1 unspecified atom stereocenters. The molecule has 240 valence electrons. The van der Waals surface area contributed by atoms with Crippen LogP contribution in [-0.4, -0.2) is 9.13 Å². The molecule has 9 rings (SSSR count). The molecule has 2 aromatic heterocycles. The fraction of sp³-hybridized carbons (Fsp3) is 0.109. The van der Waals surface area contributed by atoms with Crippen molar-refractivity contribution in [1.82, 2.24) is 9.13 Å². The topological polar surface area (TPSA) is 81.2 Å². The summed E-state index contributed by atoms with van der Waals surface area (Å²) >= 11 is 0. The van der Waals surface area contributed by atoms with Gasteiger partial charge in [0.15, 0.2) is 0 Å². The van der Waals surface area contributed by atoms with Crippen molar-refractivity contribution >= 4 is 50.1 Å². The van der Waals surface area contributed by atoms with Gasteiger partial charge in [0.25, 0.3) is 0 Å². The minimum atomic E-state index is -0.243. The fourth-order valence-electron chi connectivity index (χ4n) is 8.06. The molecule has 0 spiro atoms. The quantitative estimate of drug-likeness (QED) is 0.190. The molecule has 2 heterocycles. The van der Waals surface area contributed by atoms with Gasteiger partial charge in [-0.2, -0.15) is 15.8 Å². The predicted octanol–water partition coefficient (Wildman–Crippen LogP) is 10.7. The van der Waals surface area contributed by atoms with E-state index < -0.39 is 0 Å². The lowest BCUT2D eigenvalue weighted by atomic mass is 9.87. The highest BCUT2D eigenvalue weighted by Crippen LogP contribution is 2.41. The Kier molecular flexibility index (Phi) is 7.24. The zero-order valence-corrected chi connectivity index (χ0v) is 27.8. The van der Waals surface area contributed by atoms with Gasteiger partial charge < -0.3 is 9.13 Å². The van der Waals surface area contributed by atoms with Crippen LogP contribution in [0.3, 0.4) is 0 Å². The number of fused-ring (bicyclic) bond motifs is 6. The summed E-state index contributed by atoms with van der Waals surface area (Å²) in [5, 5.41) is 33.3.